The first-order chi connectivity index (χ1) is 13.5. The van der Waals surface area contributed by atoms with Crippen LogP contribution < -0.4 is 0 Å². The molecule has 0 radical (unpaired) electrons. The third-order valence-corrected chi connectivity index (χ3v) is 6.28. The maximum Gasteiger partial charge on any atom is 0.282 e. The molecule has 0 unspecified atom stereocenters. The van der Waals surface area contributed by atoms with Crippen LogP contribution in [-0.2, 0) is 23.1 Å². The monoisotopic (exact) mass is 396 g/mol. The maximum atomic E-state index is 13.1. The number of sulfonamides is 1. The zero-order chi connectivity index (χ0) is 19.6. The molecule has 1 aliphatic carbocycles. The molecule has 0 amide bonds. The van der Waals surface area contributed by atoms with Crippen LogP contribution in [0.1, 0.15) is 28.8 Å². The maximum absolute atomic E-state index is 13.1. The third-order valence-electron chi connectivity index (χ3n) is 4.59. The minimum atomic E-state index is -3.84. The summed E-state index contributed by atoms with van der Waals surface area (Å²) in [6.07, 6.45) is 2.96. The number of carbonyl (C=O) groups excluding carboxylic acids is 1. The Morgan fingerprint density at radius 2 is 1.68 bits per heavy atom. The molecule has 3 aromatic rings. The summed E-state index contributed by atoms with van der Waals surface area (Å²) in [6.45, 7) is 0.222. The fourth-order valence-electron chi connectivity index (χ4n) is 2.98. The molecule has 28 heavy (non-hydrogen) atoms. The first kappa shape index (κ1) is 18.5. The highest BCUT2D eigenvalue weighted by atomic mass is 32.2. The highest BCUT2D eigenvalue weighted by Crippen LogP contribution is 2.32. The number of Topliss-reactive ketones (excluding diaryl/α,β-unsaturated/α-hetero) is 1. The summed E-state index contributed by atoms with van der Waals surface area (Å²) in [5, 5.41) is 3.81. The largest absolute Gasteiger partial charge is 0.292 e. The highest BCUT2D eigenvalue weighted by Gasteiger charge is 2.40. The van der Waals surface area contributed by atoms with Crippen LogP contribution in [0.25, 0.3) is 0 Å². The van der Waals surface area contributed by atoms with Gasteiger partial charge in [0.2, 0.25) is 0 Å². The van der Waals surface area contributed by atoms with E-state index in [4.69, 9.17) is 0 Å². The molecule has 4 rings (SSSR count). The number of aromatic nitrogens is 3. The molecule has 1 heterocycles. The molecular formula is C20H20N4O3S. The normalized spacial score (nSPS) is 14.3. The van der Waals surface area contributed by atoms with Crippen molar-refractivity contribution >= 4 is 15.8 Å². The van der Waals surface area contributed by atoms with E-state index in [1.165, 1.54) is 15.3 Å². The van der Waals surface area contributed by atoms with Gasteiger partial charge in [-0.05, 0) is 18.4 Å². The van der Waals surface area contributed by atoms with Gasteiger partial charge in [0, 0.05) is 18.2 Å². The van der Waals surface area contributed by atoms with Crippen molar-refractivity contribution in [2.24, 2.45) is 0 Å². The van der Waals surface area contributed by atoms with E-state index in [0.717, 1.165) is 18.4 Å². The minimum Gasteiger partial charge on any atom is -0.292 e. The summed E-state index contributed by atoms with van der Waals surface area (Å²) >= 11 is 0. The Balaban J connectivity index is 1.53. The molecule has 0 saturated heterocycles. The second-order valence-electron chi connectivity index (χ2n) is 6.78. The number of hydrogen-bond acceptors (Lipinski definition) is 5. The van der Waals surface area contributed by atoms with Gasteiger partial charge in [0.1, 0.15) is 12.9 Å². The number of benzene rings is 2. The fraction of sp³-hybridized carbons (Fsp3) is 0.250. The van der Waals surface area contributed by atoms with E-state index in [0.29, 0.717) is 5.56 Å². The number of rotatable bonds is 8. The Bertz CT molecular complexity index is 1060. The zero-order valence-electron chi connectivity index (χ0n) is 15.2. The quantitative estimate of drug-likeness (QED) is 0.546. The van der Waals surface area contributed by atoms with E-state index in [9.17, 15) is 13.2 Å². The average molecular weight is 396 g/mol. The van der Waals surface area contributed by atoms with E-state index in [-0.39, 0.29) is 30.1 Å². The van der Waals surface area contributed by atoms with Gasteiger partial charge in [-0.15, -0.1) is 5.10 Å². The predicted octanol–water partition coefficient (Wildman–Crippen LogP) is 2.51. The van der Waals surface area contributed by atoms with Gasteiger partial charge in [0.25, 0.3) is 15.2 Å². The highest BCUT2D eigenvalue weighted by molar-refractivity contribution is 7.89. The van der Waals surface area contributed by atoms with Crippen LogP contribution in [0.4, 0.5) is 0 Å². The molecular weight excluding hydrogens is 376 g/mol. The molecule has 1 aliphatic rings. The van der Waals surface area contributed by atoms with Crippen molar-refractivity contribution in [3.8, 4) is 0 Å². The molecule has 0 bridgehead atoms. The lowest BCUT2D eigenvalue weighted by Gasteiger charge is -2.20. The standard InChI is InChI=1S/C20H20N4O3S/c25-19(17-9-5-2-6-10-17)14-23-15-21-20(22-23)28(26,27)24(18-11-12-18)13-16-7-3-1-4-8-16/h1-10,15,18H,11-14H2. The second-order valence-corrected chi connectivity index (χ2v) is 8.57. The van der Waals surface area contributed by atoms with E-state index in [1.807, 2.05) is 36.4 Å². The van der Waals surface area contributed by atoms with Gasteiger partial charge in [0.05, 0.1) is 0 Å². The van der Waals surface area contributed by atoms with E-state index < -0.39 is 10.0 Å². The van der Waals surface area contributed by atoms with E-state index >= 15 is 0 Å². The lowest BCUT2D eigenvalue weighted by molar-refractivity contribution is 0.0967. The summed E-state index contributed by atoms with van der Waals surface area (Å²) in [5.74, 6) is -0.155. The Morgan fingerprint density at radius 3 is 2.32 bits per heavy atom. The fourth-order valence-corrected chi connectivity index (χ4v) is 4.50. The molecule has 0 aliphatic heterocycles. The van der Waals surface area contributed by atoms with Gasteiger partial charge in [-0.2, -0.15) is 4.31 Å². The lowest BCUT2D eigenvalue weighted by atomic mass is 10.1. The van der Waals surface area contributed by atoms with Gasteiger partial charge in [0.15, 0.2) is 5.78 Å². The molecule has 2 aromatic carbocycles. The lowest BCUT2D eigenvalue weighted by Crippen LogP contribution is -2.33. The Kier molecular flexibility index (Phi) is 5.06. The molecule has 1 aromatic heterocycles. The first-order valence-electron chi connectivity index (χ1n) is 9.07. The van der Waals surface area contributed by atoms with Gasteiger partial charge in [-0.25, -0.2) is 18.1 Å². The summed E-state index contributed by atoms with van der Waals surface area (Å²) in [6, 6.07) is 18.3. The van der Waals surface area contributed by atoms with E-state index in [2.05, 4.69) is 10.1 Å². The Morgan fingerprint density at radius 1 is 1.04 bits per heavy atom. The Hall–Kier alpha value is -2.84. The van der Waals surface area contributed by atoms with Crippen molar-refractivity contribution in [2.75, 3.05) is 0 Å². The minimum absolute atomic E-state index is 0.0249. The number of carbonyl (C=O) groups is 1. The predicted molar refractivity (Wildman–Crippen MR) is 103 cm³/mol. The summed E-state index contributed by atoms with van der Waals surface area (Å²) in [5.41, 5.74) is 1.46. The molecule has 0 atom stereocenters. The third kappa shape index (κ3) is 4.02. The van der Waals surface area contributed by atoms with Crippen molar-refractivity contribution in [3.63, 3.8) is 0 Å². The molecule has 0 spiro atoms. The number of nitrogens with zero attached hydrogens (tertiary/aromatic N) is 4. The van der Waals surface area contributed by atoms with Crippen LogP contribution in [0, 0.1) is 0 Å². The van der Waals surface area contributed by atoms with Crippen molar-refractivity contribution < 1.29 is 13.2 Å². The molecule has 1 saturated carbocycles. The van der Waals surface area contributed by atoms with Gasteiger partial charge in [-0.3, -0.25) is 4.79 Å². The molecule has 1 fully saturated rings. The van der Waals surface area contributed by atoms with Crippen LogP contribution in [0.2, 0.25) is 0 Å². The van der Waals surface area contributed by atoms with Gasteiger partial charge >= 0.3 is 0 Å². The first-order valence-corrected chi connectivity index (χ1v) is 10.5. The van der Waals surface area contributed by atoms with Crippen molar-refractivity contribution in [1.82, 2.24) is 19.1 Å². The molecule has 0 N–H and O–H groups in total. The summed E-state index contributed by atoms with van der Waals surface area (Å²) in [7, 11) is -3.84. The number of ketones is 1. The average Bonchev–Trinajstić information content (AvgIpc) is 3.44. The number of hydrogen-bond donors (Lipinski definition) is 0. The van der Waals surface area contributed by atoms with Crippen LogP contribution in [0.5, 0.6) is 0 Å². The van der Waals surface area contributed by atoms with Gasteiger partial charge in [-0.1, -0.05) is 60.7 Å². The van der Waals surface area contributed by atoms with Crippen LogP contribution >= 0.6 is 0 Å². The van der Waals surface area contributed by atoms with Crippen LogP contribution in [0.15, 0.2) is 72.1 Å². The van der Waals surface area contributed by atoms with Crippen LogP contribution in [-0.4, -0.2) is 39.3 Å². The topological polar surface area (TPSA) is 85.2 Å². The van der Waals surface area contributed by atoms with Gasteiger partial charge < -0.3 is 0 Å². The molecule has 7 nitrogen and oxygen atoms in total. The zero-order valence-corrected chi connectivity index (χ0v) is 16.0. The molecule has 8 heteroatoms. The second kappa shape index (κ2) is 7.65. The SMILES string of the molecule is O=C(Cn1cnc(S(=O)(=O)N(Cc2ccccc2)C2CC2)n1)c1ccccc1. The summed E-state index contributed by atoms with van der Waals surface area (Å²) < 4.78 is 28.9. The van der Waals surface area contributed by atoms with Crippen molar-refractivity contribution in [3.05, 3.63) is 78.1 Å². The van der Waals surface area contributed by atoms with Crippen molar-refractivity contribution in [2.45, 2.75) is 37.1 Å². The van der Waals surface area contributed by atoms with Crippen LogP contribution in [0.3, 0.4) is 0 Å². The molecule has 144 valence electrons. The van der Waals surface area contributed by atoms with Crippen molar-refractivity contribution in [1.29, 1.82) is 0 Å². The smallest absolute Gasteiger partial charge is 0.282 e. The summed E-state index contributed by atoms with van der Waals surface area (Å²) in [4.78, 5) is 16.3. The van der Waals surface area contributed by atoms with E-state index in [1.54, 1.807) is 24.3 Å². The Labute approximate surface area is 163 Å².